The first-order valence-corrected chi connectivity index (χ1v) is 24.6. The molecule has 0 saturated heterocycles. The van der Waals surface area contributed by atoms with Crippen molar-refractivity contribution in [2.45, 2.75) is 37.0 Å². The Bertz CT molecular complexity index is 2440. The van der Waals surface area contributed by atoms with Crippen LogP contribution in [0.4, 0.5) is 4.39 Å². The summed E-state index contributed by atoms with van der Waals surface area (Å²) in [4.78, 5) is 9.22. The summed E-state index contributed by atoms with van der Waals surface area (Å²) in [7, 11) is 0. The number of fused-ring (bicyclic) bond motifs is 3. The second-order valence-electron chi connectivity index (χ2n) is 13.9. The smallest absolute Gasteiger partial charge is 0 e. The number of furan rings is 1. The van der Waals surface area contributed by atoms with Gasteiger partial charge in [-0.05, 0) is 40.6 Å². The fraction of sp³-hybridized carbons (Fsp3) is 0.130. The van der Waals surface area contributed by atoms with E-state index in [1.807, 2.05) is 48.7 Å². The molecule has 0 spiro atoms. The summed E-state index contributed by atoms with van der Waals surface area (Å²) in [5.41, 5.74) is 11.2. The van der Waals surface area contributed by atoms with E-state index in [0.29, 0.717) is 0 Å². The molecule has 1 unspecified atom stereocenters. The van der Waals surface area contributed by atoms with Crippen molar-refractivity contribution in [3.8, 4) is 33.6 Å². The zero-order chi connectivity index (χ0) is 35.5. The zero-order valence-corrected chi connectivity index (χ0v) is 34.4. The third-order valence-electron chi connectivity index (χ3n) is 9.35. The van der Waals surface area contributed by atoms with E-state index in [9.17, 15) is 4.39 Å². The molecule has 0 N–H and O–H groups in total. The SMILES string of the molecule is CC(c1ccccc1)c1ccnc(-c2[c-]cc3oc4c(-c5ccc(F)cc5)cccc4c3c2)c1.Cc1cc(-c2[c-]cccc2)nc[c]1[Ge]([CH3])([CH3])[CH3].[Ir]. The molecule has 0 aliphatic heterocycles. The van der Waals surface area contributed by atoms with Gasteiger partial charge in [0.05, 0.1) is 5.58 Å². The van der Waals surface area contributed by atoms with Gasteiger partial charge in [-0.2, -0.15) is 0 Å². The van der Waals surface area contributed by atoms with Crippen molar-refractivity contribution in [2.24, 2.45) is 0 Å². The van der Waals surface area contributed by atoms with Crippen molar-refractivity contribution in [3.63, 3.8) is 0 Å². The van der Waals surface area contributed by atoms with Crippen molar-refractivity contribution in [3.05, 3.63) is 174 Å². The minimum atomic E-state index is -1.77. The number of nitrogens with zero attached hydrogens (tertiary/aromatic N) is 2. The topological polar surface area (TPSA) is 38.9 Å². The van der Waals surface area contributed by atoms with Crippen molar-refractivity contribution in [2.75, 3.05) is 0 Å². The van der Waals surface area contributed by atoms with Gasteiger partial charge in [0.15, 0.2) is 0 Å². The Morgan fingerprint density at radius 2 is 1.46 bits per heavy atom. The van der Waals surface area contributed by atoms with Gasteiger partial charge in [0.1, 0.15) is 11.4 Å². The van der Waals surface area contributed by atoms with Crippen LogP contribution >= 0.6 is 0 Å². The zero-order valence-electron chi connectivity index (χ0n) is 29.9. The molecule has 0 amide bonds. The molecule has 0 aliphatic carbocycles. The van der Waals surface area contributed by atoms with Crippen molar-refractivity contribution >= 4 is 39.6 Å². The van der Waals surface area contributed by atoms with Gasteiger partial charge >= 0.3 is 106 Å². The summed E-state index contributed by atoms with van der Waals surface area (Å²) in [6.45, 7) is 4.40. The monoisotopic (exact) mass is 921 g/mol. The normalized spacial score (nSPS) is 11.8. The molecule has 261 valence electrons. The van der Waals surface area contributed by atoms with Gasteiger partial charge in [0.2, 0.25) is 0 Å². The van der Waals surface area contributed by atoms with E-state index in [0.717, 1.165) is 55.6 Å². The number of hydrogen-bond acceptors (Lipinski definition) is 3. The van der Waals surface area contributed by atoms with Crippen LogP contribution in [0.3, 0.4) is 0 Å². The van der Waals surface area contributed by atoms with Crippen molar-refractivity contribution in [1.82, 2.24) is 9.97 Å². The van der Waals surface area contributed by atoms with Crippen LogP contribution in [0.5, 0.6) is 0 Å². The summed E-state index contributed by atoms with van der Waals surface area (Å²) < 4.78 is 21.2. The maximum atomic E-state index is 13.4. The van der Waals surface area contributed by atoms with Crippen LogP contribution in [0.25, 0.3) is 55.6 Å². The number of aryl methyl sites for hydroxylation is 1. The van der Waals surface area contributed by atoms with E-state index in [2.05, 4.69) is 120 Å². The van der Waals surface area contributed by atoms with Gasteiger partial charge in [-0.15, -0.1) is 23.8 Å². The average molecular weight is 920 g/mol. The molecule has 0 fully saturated rings. The van der Waals surface area contributed by atoms with Crippen molar-refractivity contribution in [1.29, 1.82) is 0 Å². The number of rotatable bonds is 6. The number of pyridine rings is 2. The van der Waals surface area contributed by atoms with Crippen LogP contribution in [-0.2, 0) is 20.1 Å². The Kier molecular flexibility index (Phi) is 11.4. The predicted molar refractivity (Wildman–Crippen MR) is 211 cm³/mol. The van der Waals surface area contributed by atoms with E-state index in [4.69, 9.17) is 4.42 Å². The molecule has 0 aliphatic rings. The largest absolute Gasteiger partial charge is 0 e. The van der Waals surface area contributed by atoms with Crippen LogP contribution in [0.2, 0.25) is 17.3 Å². The van der Waals surface area contributed by atoms with Crippen LogP contribution in [0.1, 0.15) is 29.5 Å². The Morgan fingerprint density at radius 3 is 2.17 bits per heavy atom. The first-order chi connectivity index (χ1) is 24.7. The molecule has 8 aromatic rings. The molecule has 52 heavy (non-hydrogen) atoms. The maximum absolute atomic E-state index is 13.4. The Labute approximate surface area is 321 Å². The minimum absolute atomic E-state index is 0. The van der Waals surface area contributed by atoms with Gasteiger partial charge < -0.3 is 9.40 Å². The second kappa shape index (κ2) is 15.9. The summed E-state index contributed by atoms with van der Waals surface area (Å²) in [6.07, 6.45) is 3.94. The van der Waals surface area contributed by atoms with Gasteiger partial charge in [0.25, 0.3) is 0 Å². The molecule has 1 atom stereocenters. The number of halogens is 1. The number of benzene rings is 5. The molecule has 3 heterocycles. The Morgan fingerprint density at radius 1 is 0.712 bits per heavy atom. The number of hydrogen-bond donors (Lipinski definition) is 0. The molecule has 0 bridgehead atoms. The fourth-order valence-corrected chi connectivity index (χ4v) is 10.2. The second-order valence-corrected chi connectivity index (χ2v) is 24.5. The van der Waals surface area contributed by atoms with Gasteiger partial charge in [-0.3, -0.25) is 0 Å². The van der Waals surface area contributed by atoms with Crippen LogP contribution in [0, 0.1) is 24.9 Å². The first-order valence-electron chi connectivity index (χ1n) is 17.2. The standard InChI is InChI=1S/C31H21FNO.C15H18GeN.Ir/c1-20(21-6-3-2-4-7-21)23-16-17-33-29(19-23)24-12-15-30-28(18-24)27-9-5-8-26(31(27)34-30)22-10-13-25(32)14-11-22;1-12-10-15(13-8-6-5-7-9-13)17-11-14(12)16(2,3)4;/h2-11,13-20H,1H3;5-8,10-11H,1-4H3;/q2*-1;. The van der Waals surface area contributed by atoms with E-state index < -0.39 is 13.3 Å². The molecule has 6 heteroatoms. The quantitative estimate of drug-likeness (QED) is 0.123. The molecule has 3 nitrogen and oxygen atoms in total. The summed E-state index contributed by atoms with van der Waals surface area (Å²) in [5, 5.41) is 2.02. The van der Waals surface area contributed by atoms with E-state index in [1.54, 1.807) is 12.1 Å². The number of para-hydroxylation sites is 1. The Balaban J connectivity index is 0.000000218. The molecule has 5 aromatic carbocycles. The molecule has 0 saturated carbocycles. The molecule has 3 aromatic heterocycles. The van der Waals surface area contributed by atoms with E-state index in [1.165, 1.54) is 33.2 Å². The van der Waals surface area contributed by atoms with Crippen LogP contribution < -0.4 is 4.40 Å². The molecule has 8 rings (SSSR count). The van der Waals surface area contributed by atoms with Crippen LogP contribution in [-0.4, -0.2) is 23.2 Å². The average Bonchev–Trinajstić information content (AvgIpc) is 3.54. The van der Waals surface area contributed by atoms with Gasteiger partial charge in [0, 0.05) is 43.2 Å². The van der Waals surface area contributed by atoms with E-state index in [-0.39, 0.29) is 31.8 Å². The Hall–Kier alpha value is -4.68. The molecule has 1 radical (unpaired) electrons. The fourth-order valence-electron chi connectivity index (χ4n) is 6.59. The minimum Gasteiger partial charge on any atom is 0 e. The molecular weight excluding hydrogens is 880 g/mol. The first kappa shape index (κ1) is 37.1. The van der Waals surface area contributed by atoms with E-state index >= 15 is 0 Å². The maximum Gasteiger partial charge on any atom is 0 e. The molecular formula is C46H39FGeIrN2O-2. The number of aromatic nitrogens is 2. The van der Waals surface area contributed by atoms with Gasteiger partial charge in [-0.1, -0.05) is 79.0 Å². The summed E-state index contributed by atoms with van der Waals surface area (Å²) >= 11 is -1.77. The van der Waals surface area contributed by atoms with Gasteiger partial charge in [-0.25, -0.2) is 4.39 Å². The van der Waals surface area contributed by atoms with Crippen molar-refractivity contribution < 1.29 is 28.9 Å². The third-order valence-corrected chi connectivity index (χ3v) is 13.8. The summed E-state index contributed by atoms with van der Waals surface area (Å²) in [5.74, 6) is 7.21. The summed E-state index contributed by atoms with van der Waals surface area (Å²) in [6, 6.07) is 48.0. The van der Waals surface area contributed by atoms with Crippen LogP contribution in [0.15, 0.2) is 144 Å². The third kappa shape index (κ3) is 8.03. The predicted octanol–water partition coefficient (Wildman–Crippen LogP) is 11.8.